The molecule has 1 N–H and O–H groups in total. The van der Waals surface area contributed by atoms with Crippen LogP contribution in [0.1, 0.15) is 28.3 Å². The van der Waals surface area contributed by atoms with Crippen molar-refractivity contribution in [2.24, 2.45) is 0 Å². The number of carbonyl (C=O) groups excluding carboxylic acids is 2. The van der Waals surface area contributed by atoms with Crippen LogP contribution in [0.2, 0.25) is 0 Å². The molecule has 0 saturated carbocycles. The minimum atomic E-state index is -0.574. The van der Waals surface area contributed by atoms with Crippen molar-refractivity contribution in [2.75, 3.05) is 13.6 Å². The number of benzene rings is 2. The van der Waals surface area contributed by atoms with Crippen molar-refractivity contribution in [3.8, 4) is 0 Å². The highest BCUT2D eigenvalue weighted by atomic mass is 32.1. The Morgan fingerprint density at radius 3 is 2.71 bits per heavy atom. The number of nitro groups is 1. The molecule has 0 bridgehead atoms. The van der Waals surface area contributed by atoms with Crippen LogP contribution in [0.15, 0.2) is 48.5 Å². The Balaban J connectivity index is 1.62. The summed E-state index contributed by atoms with van der Waals surface area (Å²) < 4.78 is 1.05. The number of nitro benzene ring substituents is 1. The molecule has 0 radical (unpaired) electrons. The van der Waals surface area contributed by atoms with Gasteiger partial charge in [0.2, 0.25) is 5.91 Å². The Hall–Kier alpha value is -3.33. The first-order valence-electron chi connectivity index (χ1n) is 8.50. The number of aromatic nitrogens is 1. The van der Waals surface area contributed by atoms with Gasteiger partial charge in [0.05, 0.1) is 27.7 Å². The molecule has 1 aromatic heterocycles. The molecule has 8 nitrogen and oxygen atoms in total. The first kappa shape index (κ1) is 19.4. The number of para-hydroxylation sites is 1. The summed E-state index contributed by atoms with van der Waals surface area (Å²) in [5.74, 6) is -0.830. The zero-order valence-corrected chi connectivity index (χ0v) is 16.1. The fourth-order valence-corrected chi connectivity index (χ4v) is 3.66. The standard InChI is InChI=1S/C19H18N4O4S/c1-12(19-21-15-8-3-4-9-16(15)28-19)22(2)17(24)11-20-18(25)13-6-5-7-14(10-13)23(26)27/h3-10,12H,11H2,1-2H3,(H,20,25). The average Bonchev–Trinajstić information content (AvgIpc) is 3.14. The maximum absolute atomic E-state index is 12.5. The summed E-state index contributed by atoms with van der Waals surface area (Å²) in [6, 6.07) is 12.9. The summed E-state index contributed by atoms with van der Waals surface area (Å²) in [6.45, 7) is 1.66. The second-order valence-electron chi connectivity index (χ2n) is 6.19. The Morgan fingerprint density at radius 2 is 2.00 bits per heavy atom. The number of hydrogen-bond acceptors (Lipinski definition) is 6. The van der Waals surface area contributed by atoms with Gasteiger partial charge in [-0.3, -0.25) is 19.7 Å². The van der Waals surface area contributed by atoms with Crippen molar-refractivity contribution in [1.82, 2.24) is 15.2 Å². The van der Waals surface area contributed by atoms with Gasteiger partial charge in [-0.25, -0.2) is 4.98 Å². The first-order valence-corrected chi connectivity index (χ1v) is 9.32. The van der Waals surface area contributed by atoms with Gasteiger partial charge in [0.25, 0.3) is 11.6 Å². The number of amides is 2. The minimum absolute atomic E-state index is 0.129. The van der Waals surface area contributed by atoms with E-state index in [4.69, 9.17) is 0 Å². The Kier molecular flexibility index (Phi) is 5.65. The van der Waals surface area contributed by atoms with Crippen molar-refractivity contribution in [3.63, 3.8) is 0 Å². The summed E-state index contributed by atoms with van der Waals surface area (Å²) in [5.41, 5.74) is 0.832. The molecule has 1 unspecified atom stereocenters. The third kappa shape index (κ3) is 4.15. The number of likely N-dealkylation sites (N-methyl/N-ethyl adjacent to an activating group) is 1. The van der Waals surface area contributed by atoms with E-state index in [1.807, 2.05) is 31.2 Å². The highest BCUT2D eigenvalue weighted by Crippen LogP contribution is 2.28. The molecule has 3 rings (SSSR count). The maximum atomic E-state index is 12.5. The van der Waals surface area contributed by atoms with E-state index in [0.29, 0.717) is 0 Å². The van der Waals surface area contributed by atoms with Crippen LogP contribution in [0.5, 0.6) is 0 Å². The number of rotatable bonds is 6. The SMILES string of the molecule is CC(c1nc2ccccc2s1)N(C)C(=O)CNC(=O)c1cccc([N+](=O)[O-])c1. The first-order chi connectivity index (χ1) is 13.4. The van der Waals surface area contributed by atoms with Crippen LogP contribution in [-0.2, 0) is 4.79 Å². The molecular weight excluding hydrogens is 380 g/mol. The van der Waals surface area contributed by atoms with Gasteiger partial charge < -0.3 is 10.2 Å². The third-order valence-corrected chi connectivity index (χ3v) is 5.57. The molecular formula is C19H18N4O4S. The lowest BCUT2D eigenvalue weighted by Crippen LogP contribution is -2.39. The summed E-state index contributed by atoms with van der Waals surface area (Å²) in [7, 11) is 1.65. The Morgan fingerprint density at radius 1 is 1.25 bits per heavy atom. The number of nitrogens with zero attached hydrogens (tertiary/aromatic N) is 3. The number of non-ortho nitro benzene ring substituents is 1. The van der Waals surface area contributed by atoms with E-state index >= 15 is 0 Å². The Labute approximate surface area is 165 Å². The molecule has 1 heterocycles. The summed E-state index contributed by atoms with van der Waals surface area (Å²) in [6.07, 6.45) is 0. The van der Waals surface area contributed by atoms with E-state index in [1.165, 1.54) is 40.5 Å². The van der Waals surface area contributed by atoms with Gasteiger partial charge in [-0.1, -0.05) is 18.2 Å². The van der Waals surface area contributed by atoms with E-state index in [1.54, 1.807) is 7.05 Å². The molecule has 9 heteroatoms. The van der Waals surface area contributed by atoms with E-state index in [0.717, 1.165) is 15.2 Å². The van der Waals surface area contributed by atoms with Crippen molar-refractivity contribution in [2.45, 2.75) is 13.0 Å². The van der Waals surface area contributed by atoms with Gasteiger partial charge >= 0.3 is 0 Å². The van der Waals surface area contributed by atoms with Crippen molar-refractivity contribution < 1.29 is 14.5 Å². The van der Waals surface area contributed by atoms with Crippen molar-refractivity contribution in [3.05, 3.63) is 69.2 Å². The van der Waals surface area contributed by atoms with Gasteiger partial charge in [0, 0.05) is 24.7 Å². The zero-order valence-electron chi connectivity index (χ0n) is 15.3. The highest BCUT2D eigenvalue weighted by Gasteiger charge is 2.21. The van der Waals surface area contributed by atoms with Crippen LogP contribution >= 0.6 is 11.3 Å². The highest BCUT2D eigenvalue weighted by molar-refractivity contribution is 7.18. The molecule has 2 amide bonds. The van der Waals surface area contributed by atoms with Crippen LogP contribution in [-0.4, -0.2) is 40.2 Å². The number of hydrogen-bond donors (Lipinski definition) is 1. The van der Waals surface area contributed by atoms with E-state index < -0.39 is 10.8 Å². The fraction of sp³-hybridized carbons (Fsp3) is 0.211. The van der Waals surface area contributed by atoms with Crippen LogP contribution in [0, 0.1) is 10.1 Å². The van der Waals surface area contributed by atoms with E-state index in [-0.39, 0.29) is 29.7 Å². The summed E-state index contributed by atoms with van der Waals surface area (Å²) in [5, 5.41) is 14.1. The lowest BCUT2D eigenvalue weighted by Gasteiger charge is -2.23. The van der Waals surface area contributed by atoms with Crippen molar-refractivity contribution >= 4 is 39.1 Å². The Bertz CT molecular complexity index is 1020. The molecule has 0 aliphatic rings. The van der Waals surface area contributed by atoms with Crippen LogP contribution < -0.4 is 5.32 Å². The molecule has 0 aliphatic carbocycles. The normalized spacial score (nSPS) is 11.8. The molecule has 0 spiro atoms. The van der Waals surface area contributed by atoms with Crippen molar-refractivity contribution in [1.29, 1.82) is 0 Å². The van der Waals surface area contributed by atoms with Gasteiger partial charge in [-0.15, -0.1) is 11.3 Å². The van der Waals surface area contributed by atoms with Gasteiger partial charge in [-0.2, -0.15) is 0 Å². The summed E-state index contributed by atoms with van der Waals surface area (Å²) >= 11 is 1.52. The lowest BCUT2D eigenvalue weighted by molar-refractivity contribution is -0.384. The molecule has 0 saturated heterocycles. The minimum Gasteiger partial charge on any atom is -0.343 e. The van der Waals surface area contributed by atoms with Gasteiger partial charge in [0.1, 0.15) is 5.01 Å². The average molecular weight is 398 g/mol. The molecule has 144 valence electrons. The molecule has 1 atom stereocenters. The van der Waals surface area contributed by atoms with Crippen LogP contribution in [0.25, 0.3) is 10.2 Å². The van der Waals surface area contributed by atoms with Crippen LogP contribution in [0.4, 0.5) is 5.69 Å². The number of fused-ring (bicyclic) bond motifs is 1. The largest absolute Gasteiger partial charge is 0.343 e. The second kappa shape index (κ2) is 8.13. The van der Waals surface area contributed by atoms with Gasteiger partial charge in [0.15, 0.2) is 0 Å². The van der Waals surface area contributed by atoms with E-state index in [9.17, 15) is 19.7 Å². The maximum Gasteiger partial charge on any atom is 0.270 e. The quantitative estimate of drug-likeness (QED) is 0.507. The molecule has 3 aromatic rings. The predicted octanol–water partition coefficient (Wildman–Crippen LogP) is 3.15. The predicted molar refractivity (Wildman–Crippen MR) is 106 cm³/mol. The smallest absolute Gasteiger partial charge is 0.270 e. The van der Waals surface area contributed by atoms with Gasteiger partial charge in [-0.05, 0) is 25.1 Å². The summed E-state index contributed by atoms with van der Waals surface area (Å²) in [4.78, 5) is 41.0. The molecule has 0 fully saturated rings. The second-order valence-corrected chi connectivity index (χ2v) is 7.25. The monoisotopic (exact) mass is 398 g/mol. The third-order valence-electron chi connectivity index (χ3n) is 4.36. The van der Waals surface area contributed by atoms with Crippen LogP contribution in [0.3, 0.4) is 0 Å². The molecule has 28 heavy (non-hydrogen) atoms. The number of nitrogens with one attached hydrogen (secondary N) is 1. The number of carbonyl (C=O) groups is 2. The lowest BCUT2D eigenvalue weighted by atomic mass is 10.2. The molecule has 0 aliphatic heterocycles. The zero-order chi connectivity index (χ0) is 20.3. The topological polar surface area (TPSA) is 105 Å². The van der Waals surface area contributed by atoms with E-state index in [2.05, 4.69) is 10.3 Å². The molecule has 2 aromatic carbocycles. The number of thiazole rings is 1. The fourth-order valence-electron chi connectivity index (χ4n) is 2.59.